The average molecular weight is 166 g/mol. The first kappa shape index (κ1) is 9.87. The lowest BCUT2D eigenvalue weighted by Crippen LogP contribution is -2.37. The lowest BCUT2D eigenvalue weighted by molar-refractivity contribution is 0.530. The Kier molecular flexibility index (Phi) is 3.27. The van der Waals surface area contributed by atoms with Crippen molar-refractivity contribution in [3.8, 4) is 0 Å². The molecule has 0 heterocycles. The van der Waals surface area contributed by atoms with Crippen LogP contribution in [0.25, 0.3) is 0 Å². The molecule has 62 valence electrons. The van der Waals surface area contributed by atoms with Gasteiger partial charge >= 0.3 is 0 Å². The summed E-state index contributed by atoms with van der Waals surface area (Å²) in [7, 11) is -3.52. The van der Waals surface area contributed by atoms with Crippen LogP contribution in [0, 0.1) is 5.92 Å². The zero-order chi connectivity index (χ0) is 8.36. The summed E-state index contributed by atoms with van der Waals surface area (Å²) in [6.45, 7) is 3.79. The van der Waals surface area contributed by atoms with Crippen LogP contribution in [0.4, 0.5) is 0 Å². The minimum Gasteiger partial charge on any atom is -0.314 e. The smallest absolute Gasteiger partial charge is 0.224 e. The lowest BCUT2D eigenvalue weighted by Gasteiger charge is -2.10. The molecule has 1 atom stereocenters. The molecule has 0 aromatic rings. The molecule has 0 saturated carbocycles. The van der Waals surface area contributed by atoms with Crippen molar-refractivity contribution >= 4 is 10.0 Å². The van der Waals surface area contributed by atoms with Crippen molar-refractivity contribution in [3.05, 3.63) is 0 Å². The van der Waals surface area contributed by atoms with Gasteiger partial charge in [-0.2, -0.15) is 0 Å². The van der Waals surface area contributed by atoms with Crippen molar-refractivity contribution in [1.29, 1.82) is 0 Å². The summed E-state index contributed by atoms with van der Waals surface area (Å²) < 4.78 is 21.0. The zero-order valence-electron chi connectivity index (χ0n) is 6.24. The topological polar surface area (TPSA) is 86.2 Å². The molecule has 0 fully saturated rings. The molecule has 0 amide bonds. The predicted octanol–water partition coefficient (Wildman–Crippen LogP) is -0.394. The molecular weight excluding hydrogens is 152 g/mol. The summed E-state index contributed by atoms with van der Waals surface area (Å²) in [5.74, 6) is 0.258. The van der Waals surface area contributed by atoms with E-state index in [4.69, 9.17) is 10.9 Å². The Morgan fingerprint density at radius 2 is 1.80 bits per heavy atom. The molecule has 0 aliphatic heterocycles. The van der Waals surface area contributed by atoms with E-state index in [1.165, 1.54) is 0 Å². The van der Waals surface area contributed by atoms with Gasteiger partial charge in [0.2, 0.25) is 10.0 Å². The molecule has 5 heteroatoms. The van der Waals surface area contributed by atoms with Gasteiger partial charge in [-0.1, -0.05) is 13.8 Å². The van der Waals surface area contributed by atoms with Crippen LogP contribution >= 0.6 is 0 Å². The Morgan fingerprint density at radius 1 is 1.40 bits per heavy atom. The van der Waals surface area contributed by atoms with E-state index in [9.17, 15) is 8.42 Å². The molecule has 4 nitrogen and oxygen atoms in total. The van der Waals surface area contributed by atoms with Crippen LogP contribution in [0.1, 0.15) is 20.3 Å². The molecule has 0 radical (unpaired) electrons. The quantitative estimate of drug-likeness (QED) is 0.598. The standard InChI is InChI=1S/C5H14N2O2S/c1-4(2)3-5(6)10(7,8)9/h4-5H,3,6H2,1-2H3,(H2,7,8,9)/t5-/m1/s1. The minimum absolute atomic E-state index is 0.258. The van der Waals surface area contributed by atoms with Crippen LogP contribution in [0.5, 0.6) is 0 Å². The SMILES string of the molecule is CC(C)C[C@H](N)S(N)(=O)=O. The molecule has 0 saturated heterocycles. The monoisotopic (exact) mass is 166 g/mol. The van der Waals surface area contributed by atoms with Crippen LogP contribution in [0.3, 0.4) is 0 Å². The fraction of sp³-hybridized carbons (Fsp3) is 1.00. The first-order valence-electron chi connectivity index (χ1n) is 3.11. The van der Waals surface area contributed by atoms with Crippen LogP contribution < -0.4 is 10.9 Å². The van der Waals surface area contributed by atoms with Crippen molar-refractivity contribution in [1.82, 2.24) is 0 Å². The summed E-state index contributed by atoms with van der Waals surface area (Å²) in [5.41, 5.74) is 5.24. The van der Waals surface area contributed by atoms with Gasteiger partial charge in [0.05, 0.1) is 0 Å². The fourth-order valence-electron chi connectivity index (χ4n) is 0.599. The molecule has 10 heavy (non-hydrogen) atoms. The molecule has 0 unspecified atom stereocenters. The van der Waals surface area contributed by atoms with Crippen molar-refractivity contribution in [2.45, 2.75) is 25.6 Å². The highest BCUT2D eigenvalue weighted by Gasteiger charge is 2.16. The molecule has 0 bridgehead atoms. The summed E-state index contributed by atoms with van der Waals surface area (Å²) in [4.78, 5) is 0. The van der Waals surface area contributed by atoms with Gasteiger partial charge in [-0.05, 0) is 12.3 Å². The number of nitrogens with two attached hydrogens (primary N) is 2. The van der Waals surface area contributed by atoms with E-state index in [2.05, 4.69) is 0 Å². The van der Waals surface area contributed by atoms with Gasteiger partial charge in [0.1, 0.15) is 5.37 Å². The lowest BCUT2D eigenvalue weighted by atomic mass is 10.1. The second-order valence-corrected chi connectivity index (χ2v) is 4.54. The number of hydrogen-bond donors (Lipinski definition) is 2. The van der Waals surface area contributed by atoms with E-state index in [0.717, 1.165) is 0 Å². The van der Waals surface area contributed by atoms with Gasteiger partial charge in [-0.3, -0.25) is 0 Å². The maximum Gasteiger partial charge on any atom is 0.224 e. The highest BCUT2D eigenvalue weighted by molar-refractivity contribution is 7.89. The predicted molar refractivity (Wildman–Crippen MR) is 40.5 cm³/mol. The first-order chi connectivity index (χ1) is 4.34. The fourth-order valence-corrected chi connectivity index (χ4v) is 1.25. The van der Waals surface area contributed by atoms with Gasteiger partial charge < -0.3 is 5.73 Å². The van der Waals surface area contributed by atoms with Gasteiger partial charge in [0, 0.05) is 0 Å². The molecule has 0 aromatic heterocycles. The van der Waals surface area contributed by atoms with Crippen LogP contribution in [0.2, 0.25) is 0 Å². The van der Waals surface area contributed by atoms with E-state index < -0.39 is 15.4 Å². The van der Waals surface area contributed by atoms with Gasteiger partial charge in [0.25, 0.3) is 0 Å². The molecule has 0 aromatic carbocycles. The van der Waals surface area contributed by atoms with Gasteiger partial charge in [0.15, 0.2) is 0 Å². The summed E-state index contributed by atoms with van der Waals surface area (Å²) in [6, 6.07) is 0. The Hall–Kier alpha value is -0.130. The summed E-state index contributed by atoms with van der Waals surface area (Å²) in [5, 5.41) is 3.86. The average Bonchev–Trinajstić information content (AvgIpc) is 1.60. The van der Waals surface area contributed by atoms with Gasteiger partial charge in [-0.15, -0.1) is 0 Å². The molecular formula is C5H14N2O2S. The highest BCUT2D eigenvalue weighted by atomic mass is 32.2. The number of rotatable bonds is 3. The second kappa shape index (κ2) is 3.32. The van der Waals surface area contributed by atoms with Crippen LogP contribution in [0.15, 0.2) is 0 Å². The van der Waals surface area contributed by atoms with E-state index in [-0.39, 0.29) is 5.92 Å². The van der Waals surface area contributed by atoms with E-state index in [1.54, 1.807) is 0 Å². The van der Waals surface area contributed by atoms with Crippen molar-refractivity contribution in [3.63, 3.8) is 0 Å². The van der Waals surface area contributed by atoms with E-state index in [1.807, 2.05) is 13.8 Å². The van der Waals surface area contributed by atoms with E-state index >= 15 is 0 Å². The van der Waals surface area contributed by atoms with Gasteiger partial charge in [-0.25, -0.2) is 13.6 Å². The van der Waals surface area contributed by atoms with Crippen LogP contribution in [-0.4, -0.2) is 13.8 Å². The Morgan fingerprint density at radius 3 is 1.90 bits per heavy atom. The Labute approximate surface area is 61.6 Å². The Bertz CT molecular complexity index is 186. The third kappa shape index (κ3) is 3.81. The first-order valence-corrected chi connectivity index (χ1v) is 4.72. The third-order valence-corrected chi connectivity index (χ3v) is 2.16. The Balaban J connectivity index is 3.99. The minimum atomic E-state index is -3.52. The molecule has 0 aliphatic rings. The maximum absolute atomic E-state index is 10.5. The second-order valence-electron chi connectivity index (χ2n) is 2.76. The normalized spacial score (nSPS) is 15.7. The number of hydrogen-bond acceptors (Lipinski definition) is 3. The molecule has 0 aliphatic carbocycles. The summed E-state index contributed by atoms with van der Waals surface area (Å²) >= 11 is 0. The zero-order valence-corrected chi connectivity index (χ0v) is 7.06. The molecule has 4 N–H and O–H groups in total. The largest absolute Gasteiger partial charge is 0.314 e. The number of primary sulfonamides is 1. The highest BCUT2D eigenvalue weighted by Crippen LogP contribution is 2.04. The van der Waals surface area contributed by atoms with Crippen molar-refractivity contribution in [2.24, 2.45) is 16.8 Å². The van der Waals surface area contributed by atoms with E-state index in [0.29, 0.717) is 6.42 Å². The maximum atomic E-state index is 10.5. The van der Waals surface area contributed by atoms with Crippen molar-refractivity contribution in [2.75, 3.05) is 0 Å². The summed E-state index contributed by atoms with van der Waals surface area (Å²) in [6.07, 6.45) is 0.416. The van der Waals surface area contributed by atoms with Crippen LogP contribution in [-0.2, 0) is 10.0 Å². The third-order valence-electron chi connectivity index (χ3n) is 1.13. The number of sulfonamides is 1. The molecule has 0 spiro atoms. The van der Waals surface area contributed by atoms with Crippen molar-refractivity contribution < 1.29 is 8.42 Å². The molecule has 0 rings (SSSR count).